The SMILES string of the molecule is CCc1cnc(CNC(=O)C2(C(F)(F)F)CCNC2)s1. The molecule has 0 radical (unpaired) electrons. The highest BCUT2D eigenvalue weighted by molar-refractivity contribution is 7.11. The first-order valence-electron chi connectivity index (χ1n) is 6.38. The molecule has 2 N–H and O–H groups in total. The molecule has 0 saturated carbocycles. The summed E-state index contributed by atoms with van der Waals surface area (Å²) in [5.74, 6) is -0.969. The highest BCUT2D eigenvalue weighted by Gasteiger charge is 2.61. The summed E-state index contributed by atoms with van der Waals surface area (Å²) in [5, 5.41) is 5.62. The molecule has 2 heterocycles. The fourth-order valence-electron chi connectivity index (χ4n) is 2.17. The standard InChI is InChI=1S/C12H16F3N3OS/c1-2-8-5-17-9(20-8)6-18-10(19)11(12(13,14)15)3-4-16-7-11/h5,16H,2-4,6-7H2,1H3,(H,18,19). The van der Waals surface area contributed by atoms with Crippen molar-refractivity contribution in [3.63, 3.8) is 0 Å². The van der Waals surface area contributed by atoms with Gasteiger partial charge in [-0.3, -0.25) is 4.79 Å². The molecule has 0 aromatic carbocycles. The molecule has 1 saturated heterocycles. The molecule has 0 spiro atoms. The molecule has 1 atom stereocenters. The third-order valence-electron chi connectivity index (χ3n) is 3.48. The van der Waals surface area contributed by atoms with E-state index in [1.165, 1.54) is 11.3 Å². The molecule has 4 nitrogen and oxygen atoms in total. The molecular weight excluding hydrogens is 291 g/mol. The summed E-state index contributed by atoms with van der Waals surface area (Å²) in [5.41, 5.74) is -2.31. The lowest BCUT2D eigenvalue weighted by Crippen LogP contribution is -2.52. The number of nitrogens with zero attached hydrogens (tertiary/aromatic N) is 1. The Morgan fingerprint density at radius 1 is 1.60 bits per heavy atom. The lowest BCUT2D eigenvalue weighted by Gasteiger charge is -2.29. The molecule has 1 fully saturated rings. The van der Waals surface area contributed by atoms with Gasteiger partial charge in [0.2, 0.25) is 5.91 Å². The van der Waals surface area contributed by atoms with Crippen LogP contribution in [-0.4, -0.2) is 30.2 Å². The number of rotatable bonds is 4. The van der Waals surface area contributed by atoms with Crippen LogP contribution in [0.2, 0.25) is 0 Å². The second-order valence-electron chi connectivity index (χ2n) is 4.76. The van der Waals surface area contributed by atoms with Gasteiger partial charge in [-0.15, -0.1) is 11.3 Å². The van der Waals surface area contributed by atoms with E-state index < -0.39 is 17.5 Å². The van der Waals surface area contributed by atoms with E-state index in [2.05, 4.69) is 15.6 Å². The molecule has 1 aliphatic heterocycles. The number of halogens is 3. The maximum atomic E-state index is 13.1. The van der Waals surface area contributed by atoms with Crippen LogP contribution in [-0.2, 0) is 17.8 Å². The van der Waals surface area contributed by atoms with Gasteiger partial charge in [-0.25, -0.2) is 4.98 Å². The Morgan fingerprint density at radius 2 is 2.35 bits per heavy atom. The van der Waals surface area contributed by atoms with Crippen molar-refractivity contribution in [2.45, 2.75) is 32.5 Å². The van der Waals surface area contributed by atoms with Crippen LogP contribution >= 0.6 is 11.3 Å². The van der Waals surface area contributed by atoms with E-state index in [-0.39, 0.29) is 26.1 Å². The van der Waals surface area contributed by atoms with Crippen LogP contribution in [0.25, 0.3) is 0 Å². The third kappa shape index (κ3) is 2.80. The van der Waals surface area contributed by atoms with Crippen molar-refractivity contribution in [3.8, 4) is 0 Å². The highest BCUT2D eigenvalue weighted by Crippen LogP contribution is 2.43. The summed E-state index contributed by atoms with van der Waals surface area (Å²) in [6.07, 6.45) is -2.26. The molecule has 0 bridgehead atoms. The minimum atomic E-state index is -4.54. The van der Waals surface area contributed by atoms with Crippen molar-refractivity contribution in [1.82, 2.24) is 15.6 Å². The third-order valence-corrected chi connectivity index (χ3v) is 4.62. The molecule has 112 valence electrons. The summed E-state index contributed by atoms with van der Waals surface area (Å²) in [6.45, 7) is 1.85. The molecule has 20 heavy (non-hydrogen) atoms. The zero-order chi connectivity index (χ0) is 14.8. The molecular formula is C12H16F3N3OS. The van der Waals surface area contributed by atoms with Crippen LogP contribution in [0.1, 0.15) is 23.2 Å². The lowest BCUT2D eigenvalue weighted by atomic mass is 9.85. The summed E-state index contributed by atoms with van der Waals surface area (Å²) in [6, 6.07) is 0. The number of aryl methyl sites for hydroxylation is 1. The number of hydrogen-bond acceptors (Lipinski definition) is 4. The second-order valence-corrected chi connectivity index (χ2v) is 5.96. The first-order valence-corrected chi connectivity index (χ1v) is 7.20. The van der Waals surface area contributed by atoms with Crippen LogP contribution < -0.4 is 10.6 Å². The number of thiazole rings is 1. The zero-order valence-corrected chi connectivity index (χ0v) is 11.8. The van der Waals surface area contributed by atoms with Crippen LogP contribution in [0.3, 0.4) is 0 Å². The first-order chi connectivity index (χ1) is 9.39. The number of amides is 1. The van der Waals surface area contributed by atoms with E-state index in [1.54, 1.807) is 6.20 Å². The predicted molar refractivity (Wildman–Crippen MR) is 69.3 cm³/mol. The monoisotopic (exact) mass is 307 g/mol. The van der Waals surface area contributed by atoms with Gasteiger partial charge in [-0.05, 0) is 19.4 Å². The van der Waals surface area contributed by atoms with E-state index in [4.69, 9.17) is 0 Å². The summed E-state index contributed by atoms with van der Waals surface area (Å²) in [4.78, 5) is 17.1. The van der Waals surface area contributed by atoms with Gasteiger partial charge in [0, 0.05) is 17.6 Å². The number of alkyl halides is 3. The topological polar surface area (TPSA) is 54.0 Å². The zero-order valence-electron chi connectivity index (χ0n) is 11.0. The number of hydrogen-bond donors (Lipinski definition) is 2. The van der Waals surface area contributed by atoms with Gasteiger partial charge in [0.25, 0.3) is 0 Å². The van der Waals surface area contributed by atoms with Crippen LogP contribution in [0, 0.1) is 5.41 Å². The van der Waals surface area contributed by atoms with E-state index in [0.29, 0.717) is 5.01 Å². The smallest absolute Gasteiger partial charge is 0.349 e. The van der Waals surface area contributed by atoms with Gasteiger partial charge in [0.1, 0.15) is 5.01 Å². The highest BCUT2D eigenvalue weighted by atomic mass is 32.1. The molecule has 1 aliphatic rings. The molecule has 1 aromatic rings. The number of carbonyl (C=O) groups is 1. The number of nitrogens with one attached hydrogen (secondary N) is 2. The van der Waals surface area contributed by atoms with Crippen molar-refractivity contribution < 1.29 is 18.0 Å². The molecule has 8 heteroatoms. The molecule has 2 rings (SSSR count). The maximum Gasteiger partial charge on any atom is 0.404 e. The number of aromatic nitrogens is 1. The molecule has 1 unspecified atom stereocenters. The number of carbonyl (C=O) groups excluding carboxylic acids is 1. The quantitative estimate of drug-likeness (QED) is 0.893. The van der Waals surface area contributed by atoms with Crippen molar-refractivity contribution >= 4 is 17.2 Å². The average molecular weight is 307 g/mol. The summed E-state index contributed by atoms with van der Waals surface area (Å²) in [7, 11) is 0. The minimum Gasteiger partial charge on any atom is -0.349 e. The first kappa shape index (κ1) is 15.2. The fourth-order valence-corrected chi connectivity index (χ4v) is 2.98. The fraction of sp³-hybridized carbons (Fsp3) is 0.667. The van der Waals surface area contributed by atoms with Gasteiger partial charge >= 0.3 is 6.18 Å². The van der Waals surface area contributed by atoms with Crippen LogP contribution in [0.15, 0.2) is 6.20 Å². The summed E-state index contributed by atoms with van der Waals surface area (Å²) < 4.78 is 39.4. The second kappa shape index (κ2) is 5.69. The minimum absolute atomic E-state index is 0.0430. The van der Waals surface area contributed by atoms with Crippen LogP contribution in [0.4, 0.5) is 13.2 Å². The Balaban J connectivity index is 2.03. The van der Waals surface area contributed by atoms with Gasteiger partial charge < -0.3 is 10.6 Å². The van der Waals surface area contributed by atoms with Crippen molar-refractivity contribution in [2.24, 2.45) is 5.41 Å². The van der Waals surface area contributed by atoms with E-state index in [1.807, 2.05) is 6.92 Å². The Bertz CT molecular complexity index is 481. The Labute approximate surface area is 118 Å². The van der Waals surface area contributed by atoms with E-state index in [0.717, 1.165) is 11.3 Å². The van der Waals surface area contributed by atoms with Gasteiger partial charge in [0.15, 0.2) is 5.41 Å². The average Bonchev–Trinajstić information content (AvgIpc) is 3.04. The molecule has 1 aromatic heterocycles. The van der Waals surface area contributed by atoms with E-state index >= 15 is 0 Å². The van der Waals surface area contributed by atoms with Crippen molar-refractivity contribution in [2.75, 3.05) is 13.1 Å². The van der Waals surface area contributed by atoms with E-state index in [9.17, 15) is 18.0 Å². The Hall–Kier alpha value is -1.15. The maximum absolute atomic E-state index is 13.1. The largest absolute Gasteiger partial charge is 0.404 e. The van der Waals surface area contributed by atoms with Crippen LogP contribution in [0.5, 0.6) is 0 Å². The van der Waals surface area contributed by atoms with Gasteiger partial charge in [-0.2, -0.15) is 13.2 Å². The summed E-state index contributed by atoms with van der Waals surface area (Å²) >= 11 is 1.40. The van der Waals surface area contributed by atoms with Gasteiger partial charge in [0.05, 0.1) is 6.54 Å². The molecule has 1 amide bonds. The van der Waals surface area contributed by atoms with Crippen molar-refractivity contribution in [1.29, 1.82) is 0 Å². The predicted octanol–water partition coefficient (Wildman–Crippen LogP) is 1.86. The van der Waals surface area contributed by atoms with Crippen molar-refractivity contribution in [3.05, 3.63) is 16.1 Å². The Morgan fingerprint density at radius 3 is 2.85 bits per heavy atom. The molecule has 0 aliphatic carbocycles. The van der Waals surface area contributed by atoms with Gasteiger partial charge in [-0.1, -0.05) is 6.92 Å². The Kier molecular flexibility index (Phi) is 4.33. The normalized spacial score (nSPS) is 23.0. The lowest BCUT2D eigenvalue weighted by molar-refractivity contribution is -0.216.